The molecule has 2 rings (SSSR count). The van der Waals surface area contributed by atoms with Gasteiger partial charge < -0.3 is 10.2 Å². The van der Waals surface area contributed by atoms with Gasteiger partial charge in [-0.15, -0.1) is 0 Å². The number of benzene rings is 1. The van der Waals surface area contributed by atoms with E-state index in [1.807, 2.05) is 37.2 Å². The topological polar surface area (TPSA) is 49.4 Å². The molecule has 0 spiro atoms. The first-order valence-electron chi connectivity index (χ1n) is 7.38. The van der Waals surface area contributed by atoms with Crippen molar-refractivity contribution in [1.82, 2.24) is 10.2 Å². The predicted molar refractivity (Wildman–Crippen MR) is 88.1 cm³/mol. The molecule has 0 heterocycles. The summed E-state index contributed by atoms with van der Waals surface area (Å²) >= 11 is 6.17. The van der Waals surface area contributed by atoms with Gasteiger partial charge in [-0.3, -0.25) is 9.59 Å². The molecule has 1 fully saturated rings. The molecule has 4 nitrogen and oxygen atoms in total. The Balaban J connectivity index is 2.03. The summed E-state index contributed by atoms with van der Waals surface area (Å²) in [7, 11) is 3.94. The highest BCUT2D eigenvalue weighted by molar-refractivity contribution is 6.31. The highest BCUT2D eigenvalue weighted by atomic mass is 35.5. The maximum Gasteiger partial charge on any atom is 0.168 e. The van der Waals surface area contributed by atoms with Crippen molar-refractivity contribution in [2.75, 3.05) is 27.2 Å². The lowest BCUT2D eigenvalue weighted by Crippen LogP contribution is -2.28. The van der Waals surface area contributed by atoms with Gasteiger partial charge in [0.25, 0.3) is 0 Å². The zero-order valence-electron chi connectivity index (χ0n) is 12.9. The molecule has 1 N–H and O–H groups in total. The Morgan fingerprint density at radius 1 is 1.23 bits per heavy atom. The number of hydrogen-bond donors (Lipinski definition) is 1. The van der Waals surface area contributed by atoms with Gasteiger partial charge >= 0.3 is 0 Å². The number of halogens is 1. The summed E-state index contributed by atoms with van der Waals surface area (Å²) in [5, 5.41) is 3.66. The van der Waals surface area contributed by atoms with Gasteiger partial charge in [0.1, 0.15) is 0 Å². The number of rotatable bonds is 5. The summed E-state index contributed by atoms with van der Waals surface area (Å²) in [5.41, 5.74) is 1.16. The van der Waals surface area contributed by atoms with Crippen LogP contribution in [0.4, 0.5) is 0 Å². The van der Waals surface area contributed by atoms with Crippen LogP contribution in [0, 0.1) is 0 Å². The van der Waals surface area contributed by atoms with Crippen LogP contribution in [-0.2, 0) is 9.59 Å². The van der Waals surface area contributed by atoms with Gasteiger partial charge in [-0.1, -0.05) is 29.8 Å². The number of carbonyl (C=O) groups excluding carboxylic acids is 2. The third-order valence-corrected chi connectivity index (χ3v) is 4.10. The Morgan fingerprint density at radius 3 is 2.45 bits per heavy atom. The van der Waals surface area contributed by atoms with Crippen LogP contribution in [0.25, 0.3) is 0 Å². The highest BCUT2D eigenvalue weighted by Crippen LogP contribution is 2.34. The summed E-state index contributed by atoms with van der Waals surface area (Å²) in [4.78, 5) is 26.5. The van der Waals surface area contributed by atoms with E-state index in [1.165, 1.54) is 0 Å². The standard InChI is InChI=1S/C17H21ClN2O2/c1-20(2)8-7-19-11-14-16(21)9-12(10-17(14)22)13-5-3-4-6-15(13)18/h3-6,11-12,19H,7-10H2,1-2H3. The monoisotopic (exact) mass is 320 g/mol. The molecule has 0 bridgehead atoms. The van der Waals surface area contributed by atoms with E-state index in [4.69, 9.17) is 11.6 Å². The fraction of sp³-hybridized carbons (Fsp3) is 0.412. The molecule has 0 saturated heterocycles. The molecule has 1 saturated carbocycles. The lowest BCUT2D eigenvalue weighted by Gasteiger charge is -2.23. The Labute approximate surface area is 136 Å². The van der Waals surface area contributed by atoms with Crippen molar-refractivity contribution in [3.05, 3.63) is 46.6 Å². The number of nitrogens with one attached hydrogen (secondary N) is 1. The van der Waals surface area contributed by atoms with Gasteiger partial charge in [-0.25, -0.2) is 0 Å². The van der Waals surface area contributed by atoms with E-state index in [0.29, 0.717) is 24.4 Å². The molecule has 1 aromatic rings. The minimum atomic E-state index is -0.118. The summed E-state index contributed by atoms with van der Waals surface area (Å²) in [6.45, 7) is 1.54. The van der Waals surface area contributed by atoms with Crippen molar-refractivity contribution in [3.63, 3.8) is 0 Å². The fourth-order valence-electron chi connectivity index (χ4n) is 2.54. The molecule has 0 aromatic heterocycles. The normalized spacial score (nSPS) is 18.7. The summed E-state index contributed by atoms with van der Waals surface area (Å²) in [6.07, 6.45) is 2.23. The maximum absolute atomic E-state index is 12.2. The Morgan fingerprint density at radius 2 is 1.86 bits per heavy atom. The first-order valence-corrected chi connectivity index (χ1v) is 7.76. The van der Waals surface area contributed by atoms with E-state index in [-0.39, 0.29) is 23.1 Å². The first kappa shape index (κ1) is 16.7. The second kappa shape index (κ2) is 7.56. The molecule has 1 aliphatic carbocycles. The molecule has 0 radical (unpaired) electrons. The minimum absolute atomic E-state index is 0.112. The molecule has 0 unspecified atom stereocenters. The van der Waals surface area contributed by atoms with E-state index in [1.54, 1.807) is 12.3 Å². The minimum Gasteiger partial charge on any atom is -0.389 e. The van der Waals surface area contributed by atoms with Crippen LogP contribution in [-0.4, -0.2) is 43.7 Å². The van der Waals surface area contributed by atoms with Crippen molar-refractivity contribution in [2.24, 2.45) is 0 Å². The molecule has 1 aliphatic rings. The van der Waals surface area contributed by atoms with E-state index in [9.17, 15) is 9.59 Å². The number of likely N-dealkylation sites (N-methyl/N-ethyl adjacent to an activating group) is 1. The molecule has 1 aromatic carbocycles. The number of hydrogen-bond acceptors (Lipinski definition) is 4. The Bertz CT molecular complexity index is 576. The van der Waals surface area contributed by atoms with Crippen LogP contribution in [0.15, 0.2) is 36.0 Å². The van der Waals surface area contributed by atoms with Gasteiger partial charge in [0.05, 0.1) is 5.57 Å². The third-order valence-electron chi connectivity index (χ3n) is 3.76. The number of allylic oxidation sites excluding steroid dienone is 1. The summed E-state index contributed by atoms with van der Waals surface area (Å²) < 4.78 is 0. The summed E-state index contributed by atoms with van der Waals surface area (Å²) in [6, 6.07) is 7.40. The van der Waals surface area contributed by atoms with Crippen molar-refractivity contribution in [1.29, 1.82) is 0 Å². The molecule has 0 atom stereocenters. The van der Waals surface area contributed by atoms with Crippen LogP contribution in [0.3, 0.4) is 0 Å². The van der Waals surface area contributed by atoms with Crippen molar-refractivity contribution in [2.45, 2.75) is 18.8 Å². The number of carbonyl (C=O) groups is 2. The highest BCUT2D eigenvalue weighted by Gasteiger charge is 2.32. The molecular weight excluding hydrogens is 300 g/mol. The lowest BCUT2D eigenvalue weighted by atomic mass is 9.80. The maximum atomic E-state index is 12.2. The zero-order valence-corrected chi connectivity index (χ0v) is 13.7. The molecular formula is C17H21ClN2O2. The SMILES string of the molecule is CN(C)CCNC=C1C(=O)CC(c2ccccc2Cl)CC1=O. The smallest absolute Gasteiger partial charge is 0.168 e. The second-order valence-electron chi connectivity index (χ2n) is 5.79. The van der Waals surface area contributed by atoms with Gasteiger partial charge in [0.2, 0.25) is 0 Å². The molecule has 0 amide bonds. The third kappa shape index (κ3) is 4.18. The van der Waals surface area contributed by atoms with Crippen LogP contribution >= 0.6 is 11.6 Å². The van der Waals surface area contributed by atoms with Crippen molar-refractivity contribution >= 4 is 23.2 Å². The lowest BCUT2D eigenvalue weighted by molar-refractivity contribution is -0.124. The van der Waals surface area contributed by atoms with E-state index in [2.05, 4.69) is 5.32 Å². The van der Waals surface area contributed by atoms with E-state index in [0.717, 1.165) is 12.1 Å². The van der Waals surface area contributed by atoms with Crippen LogP contribution in [0.2, 0.25) is 5.02 Å². The molecule has 0 aliphatic heterocycles. The molecule has 5 heteroatoms. The Kier molecular flexibility index (Phi) is 5.75. The second-order valence-corrected chi connectivity index (χ2v) is 6.20. The van der Waals surface area contributed by atoms with E-state index >= 15 is 0 Å². The quantitative estimate of drug-likeness (QED) is 0.514. The van der Waals surface area contributed by atoms with E-state index < -0.39 is 0 Å². The molecule has 118 valence electrons. The van der Waals surface area contributed by atoms with Gasteiger partial charge in [-0.2, -0.15) is 0 Å². The van der Waals surface area contributed by atoms with Gasteiger partial charge in [0.15, 0.2) is 11.6 Å². The fourth-order valence-corrected chi connectivity index (χ4v) is 2.83. The average Bonchev–Trinajstić information content (AvgIpc) is 2.45. The molecule has 22 heavy (non-hydrogen) atoms. The number of Topliss-reactive ketones (excluding diaryl/α,β-unsaturated/α-hetero) is 2. The Hall–Kier alpha value is -1.65. The van der Waals surface area contributed by atoms with Crippen molar-refractivity contribution < 1.29 is 9.59 Å². The average molecular weight is 321 g/mol. The number of ketones is 2. The zero-order chi connectivity index (χ0) is 16.1. The van der Waals surface area contributed by atoms with Crippen molar-refractivity contribution in [3.8, 4) is 0 Å². The van der Waals surface area contributed by atoms with Crippen LogP contribution in [0.1, 0.15) is 24.3 Å². The predicted octanol–water partition coefficient (Wildman–Crippen LogP) is 2.39. The first-order chi connectivity index (χ1) is 10.5. The van der Waals surface area contributed by atoms with Crippen LogP contribution in [0.5, 0.6) is 0 Å². The number of nitrogens with zero attached hydrogens (tertiary/aromatic N) is 1. The largest absolute Gasteiger partial charge is 0.389 e. The van der Waals surface area contributed by atoms with Gasteiger partial charge in [0, 0.05) is 37.2 Å². The van der Waals surface area contributed by atoms with Crippen LogP contribution < -0.4 is 5.32 Å². The summed E-state index contributed by atoms with van der Waals surface area (Å²) in [5.74, 6) is -0.343. The van der Waals surface area contributed by atoms with Gasteiger partial charge in [-0.05, 0) is 31.6 Å².